The number of carbonyl (C=O) groups excluding carboxylic acids is 2. The Morgan fingerprint density at radius 3 is 2.50 bits per heavy atom. The molecule has 8 nitrogen and oxygen atoms in total. The zero-order valence-corrected chi connectivity index (χ0v) is 18.2. The van der Waals surface area contributed by atoms with Gasteiger partial charge in [0.1, 0.15) is 0 Å². The molecule has 3 amide bonds. The standard InChI is InChI=1S/C21H30N4O4S/c1-23-18-9-13-25(20(27)22-15-17-7-3-2-4-8-17)16-21(18,10-14-30(23,28)29)19(26)24-11-5-6-12-24/h2-4,7-8,18H,5-6,9-16H2,1H3,(H,22,27)/t18-,21+/m1/s1. The molecule has 1 aromatic rings. The Morgan fingerprint density at radius 2 is 1.80 bits per heavy atom. The van der Waals surface area contributed by atoms with Crippen molar-refractivity contribution in [2.24, 2.45) is 5.41 Å². The van der Waals surface area contributed by atoms with Crippen LogP contribution in [0.3, 0.4) is 0 Å². The van der Waals surface area contributed by atoms with E-state index in [-0.39, 0.29) is 30.7 Å². The highest BCUT2D eigenvalue weighted by molar-refractivity contribution is 7.89. The number of benzene rings is 1. The number of nitrogens with one attached hydrogen (secondary N) is 1. The Morgan fingerprint density at radius 1 is 1.10 bits per heavy atom. The van der Waals surface area contributed by atoms with Crippen LogP contribution in [-0.4, -0.2) is 79.5 Å². The van der Waals surface area contributed by atoms with Crippen molar-refractivity contribution in [3.63, 3.8) is 0 Å². The number of sulfonamides is 1. The van der Waals surface area contributed by atoms with Gasteiger partial charge < -0.3 is 15.1 Å². The second-order valence-corrected chi connectivity index (χ2v) is 10.8. The number of carbonyl (C=O) groups is 2. The summed E-state index contributed by atoms with van der Waals surface area (Å²) >= 11 is 0. The zero-order valence-electron chi connectivity index (χ0n) is 17.4. The van der Waals surface area contributed by atoms with Crippen molar-refractivity contribution < 1.29 is 18.0 Å². The Bertz CT molecular complexity index is 901. The van der Waals surface area contributed by atoms with Gasteiger partial charge in [0.05, 0.1) is 11.2 Å². The predicted molar refractivity (Wildman–Crippen MR) is 113 cm³/mol. The van der Waals surface area contributed by atoms with Gasteiger partial charge in [0.2, 0.25) is 15.9 Å². The first-order valence-corrected chi connectivity index (χ1v) is 12.3. The van der Waals surface area contributed by atoms with Crippen molar-refractivity contribution in [1.82, 2.24) is 19.4 Å². The number of amides is 3. The van der Waals surface area contributed by atoms with Gasteiger partial charge in [-0.25, -0.2) is 17.5 Å². The normalized spacial score (nSPS) is 28.8. The largest absolute Gasteiger partial charge is 0.342 e. The Balaban J connectivity index is 1.54. The molecular weight excluding hydrogens is 404 g/mol. The first-order chi connectivity index (χ1) is 14.3. The minimum Gasteiger partial charge on any atom is -0.342 e. The maximum atomic E-state index is 13.6. The minimum absolute atomic E-state index is 0.00677. The third-order valence-electron chi connectivity index (χ3n) is 6.86. The Labute approximate surface area is 178 Å². The summed E-state index contributed by atoms with van der Waals surface area (Å²) in [4.78, 5) is 30.1. The maximum Gasteiger partial charge on any atom is 0.317 e. The summed E-state index contributed by atoms with van der Waals surface area (Å²) in [6.45, 7) is 2.53. The quantitative estimate of drug-likeness (QED) is 0.775. The van der Waals surface area contributed by atoms with Gasteiger partial charge in [-0.2, -0.15) is 0 Å². The molecule has 3 saturated heterocycles. The summed E-state index contributed by atoms with van der Waals surface area (Å²) in [6.07, 6.45) is 2.68. The van der Waals surface area contributed by atoms with E-state index in [4.69, 9.17) is 0 Å². The van der Waals surface area contributed by atoms with E-state index in [0.29, 0.717) is 32.6 Å². The molecular formula is C21H30N4O4S. The third kappa shape index (κ3) is 3.80. The summed E-state index contributed by atoms with van der Waals surface area (Å²) in [5, 5.41) is 2.95. The molecule has 0 unspecified atom stereocenters. The molecule has 0 aliphatic carbocycles. The molecule has 3 aliphatic rings. The van der Waals surface area contributed by atoms with Gasteiger partial charge in [0.15, 0.2) is 0 Å². The van der Waals surface area contributed by atoms with Crippen molar-refractivity contribution in [3.8, 4) is 0 Å². The van der Waals surface area contributed by atoms with E-state index < -0.39 is 21.5 Å². The third-order valence-corrected chi connectivity index (χ3v) is 8.71. The highest BCUT2D eigenvalue weighted by atomic mass is 32.2. The van der Waals surface area contributed by atoms with Gasteiger partial charge in [-0.3, -0.25) is 4.79 Å². The van der Waals surface area contributed by atoms with Crippen LogP contribution in [0, 0.1) is 5.41 Å². The van der Waals surface area contributed by atoms with Gasteiger partial charge in [0.25, 0.3) is 0 Å². The number of hydrogen-bond acceptors (Lipinski definition) is 4. The summed E-state index contributed by atoms with van der Waals surface area (Å²) < 4.78 is 26.4. The fraction of sp³-hybridized carbons (Fsp3) is 0.619. The van der Waals surface area contributed by atoms with Crippen molar-refractivity contribution in [2.45, 2.75) is 38.3 Å². The SMILES string of the molecule is CN1[C@@H]2CCN(C(=O)NCc3ccccc3)C[C@@]2(C(=O)N2CCCC2)CCS1(=O)=O. The predicted octanol–water partition coefficient (Wildman–Crippen LogP) is 1.24. The molecule has 164 valence electrons. The smallest absolute Gasteiger partial charge is 0.317 e. The Kier molecular flexibility index (Phi) is 5.76. The van der Waals surface area contributed by atoms with Crippen LogP contribution in [0.2, 0.25) is 0 Å². The monoisotopic (exact) mass is 434 g/mol. The molecule has 1 aromatic carbocycles. The van der Waals surface area contributed by atoms with Crippen molar-refractivity contribution in [1.29, 1.82) is 0 Å². The van der Waals surface area contributed by atoms with E-state index in [1.807, 2.05) is 35.2 Å². The van der Waals surface area contributed by atoms with E-state index in [1.165, 1.54) is 4.31 Å². The molecule has 0 aromatic heterocycles. The number of likely N-dealkylation sites (tertiary alicyclic amines) is 2. The lowest BCUT2D eigenvalue weighted by molar-refractivity contribution is -0.148. The average Bonchev–Trinajstić information content (AvgIpc) is 3.30. The van der Waals surface area contributed by atoms with E-state index in [1.54, 1.807) is 11.9 Å². The van der Waals surface area contributed by atoms with Gasteiger partial charge in [0, 0.05) is 45.8 Å². The molecule has 0 radical (unpaired) electrons. The van der Waals surface area contributed by atoms with E-state index in [2.05, 4.69) is 5.32 Å². The first kappa shape index (κ1) is 21.1. The molecule has 3 heterocycles. The van der Waals surface area contributed by atoms with Gasteiger partial charge in [-0.05, 0) is 31.2 Å². The van der Waals surface area contributed by atoms with E-state index >= 15 is 0 Å². The number of urea groups is 1. The highest BCUT2D eigenvalue weighted by Gasteiger charge is 2.57. The molecule has 1 N–H and O–H groups in total. The lowest BCUT2D eigenvalue weighted by Gasteiger charge is -2.53. The van der Waals surface area contributed by atoms with E-state index in [9.17, 15) is 18.0 Å². The molecule has 2 atom stereocenters. The topological polar surface area (TPSA) is 90.0 Å². The fourth-order valence-electron chi connectivity index (χ4n) is 5.11. The lowest BCUT2D eigenvalue weighted by Crippen LogP contribution is -2.68. The number of rotatable bonds is 3. The van der Waals surface area contributed by atoms with Gasteiger partial charge in [-0.1, -0.05) is 30.3 Å². The molecule has 30 heavy (non-hydrogen) atoms. The van der Waals surface area contributed by atoms with Crippen molar-refractivity contribution in [3.05, 3.63) is 35.9 Å². The molecule has 0 spiro atoms. The van der Waals surface area contributed by atoms with Crippen LogP contribution in [-0.2, 0) is 21.4 Å². The number of fused-ring (bicyclic) bond motifs is 1. The average molecular weight is 435 g/mol. The molecule has 4 rings (SSSR count). The summed E-state index contributed by atoms with van der Waals surface area (Å²) in [7, 11) is -1.79. The molecule has 0 bridgehead atoms. The number of piperidine rings is 1. The zero-order chi connectivity index (χ0) is 21.4. The second-order valence-electron chi connectivity index (χ2n) is 8.61. The lowest BCUT2D eigenvalue weighted by atomic mass is 9.72. The molecule has 0 saturated carbocycles. The van der Waals surface area contributed by atoms with Crippen LogP contribution >= 0.6 is 0 Å². The summed E-state index contributed by atoms with van der Waals surface area (Å²) in [5.74, 6) is -0.0497. The first-order valence-electron chi connectivity index (χ1n) is 10.7. The summed E-state index contributed by atoms with van der Waals surface area (Å²) in [5.41, 5.74) is 0.138. The van der Waals surface area contributed by atoms with Crippen LogP contribution in [0.15, 0.2) is 30.3 Å². The number of nitrogens with zero attached hydrogens (tertiary/aromatic N) is 3. The van der Waals surface area contributed by atoms with Crippen LogP contribution in [0.1, 0.15) is 31.2 Å². The minimum atomic E-state index is -3.37. The van der Waals surface area contributed by atoms with Crippen molar-refractivity contribution in [2.75, 3.05) is 39.0 Å². The van der Waals surface area contributed by atoms with Crippen molar-refractivity contribution >= 4 is 22.0 Å². The van der Waals surface area contributed by atoms with Gasteiger partial charge in [-0.15, -0.1) is 0 Å². The molecule has 3 aliphatic heterocycles. The summed E-state index contributed by atoms with van der Waals surface area (Å²) in [6, 6.07) is 9.07. The van der Waals surface area contributed by atoms with Crippen LogP contribution in [0.25, 0.3) is 0 Å². The van der Waals surface area contributed by atoms with Crippen LogP contribution in [0.5, 0.6) is 0 Å². The van der Waals surface area contributed by atoms with Crippen LogP contribution < -0.4 is 5.32 Å². The fourth-order valence-corrected chi connectivity index (χ4v) is 6.72. The highest BCUT2D eigenvalue weighted by Crippen LogP contribution is 2.43. The molecule has 9 heteroatoms. The maximum absolute atomic E-state index is 13.6. The second kappa shape index (κ2) is 8.19. The van der Waals surface area contributed by atoms with Gasteiger partial charge >= 0.3 is 6.03 Å². The number of hydrogen-bond donors (Lipinski definition) is 1. The van der Waals surface area contributed by atoms with Crippen LogP contribution in [0.4, 0.5) is 4.79 Å². The Hall–Kier alpha value is -2.13. The van der Waals surface area contributed by atoms with E-state index in [0.717, 1.165) is 18.4 Å². The molecule has 3 fully saturated rings.